The first-order valence-corrected chi connectivity index (χ1v) is 5.82. The molecule has 0 unspecified atom stereocenters. The van der Waals surface area contributed by atoms with Crippen molar-refractivity contribution in [3.8, 4) is 12.1 Å². The zero-order valence-electron chi connectivity index (χ0n) is 12.2. The zero-order valence-corrected chi connectivity index (χ0v) is 14.2. The van der Waals surface area contributed by atoms with Crippen LogP contribution in [0.5, 0.6) is 0 Å². The molecule has 0 fully saturated rings. The van der Waals surface area contributed by atoms with Crippen LogP contribution in [-0.2, 0) is 17.4 Å². The Hall–Kier alpha value is -0.840. The van der Waals surface area contributed by atoms with E-state index in [2.05, 4.69) is 12.1 Å². The molecule has 4 heteroatoms. The van der Waals surface area contributed by atoms with Gasteiger partial charge in [0.05, 0.1) is 23.0 Å². The second kappa shape index (κ2) is 6.55. The van der Waals surface area contributed by atoms with Crippen molar-refractivity contribution in [2.24, 2.45) is 0 Å². The molecule has 0 spiro atoms. The number of hydrogen-bond acceptors (Lipinski definition) is 3. The van der Waals surface area contributed by atoms with Gasteiger partial charge in [0.25, 0.3) is 0 Å². The summed E-state index contributed by atoms with van der Waals surface area (Å²) in [4.78, 5) is 0. The summed E-state index contributed by atoms with van der Waals surface area (Å²) in [5.74, 6) is 0. The van der Waals surface area contributed by atoms with E-state index < -0.39 is 10.8 Å². The van der Waals surface area contributed by atoms with Gasteiger partial charge in [-0.05, 0) is 38.8 Å². The van der Waals surface area contributed by atoms with Gasteiger partial charge < -0.3 is 5.11 Å². The molecular formula is C15H17N2NaO. The molecule has 0 aromatic heterocycles. The maximum atomic E-state index is 11.1. The fourth-order valence-electron chi connectivity index (χ4n) is 1.63. The van der Waals surface area contributed by atoms with Crippen molar-refractivity contribution in [1.29, 1.82) is 10.5 Å². The number of benzene rings is 1. The summed E-state index contributed by atoms with van der Waals surface area (Å²) in [6.45, 7) is 6.88. The molecule has 1 rings (SSSR count). The van der Waals surface area contributed by atoms with Crippen molar-refractivity contribution in [3.63, 3.8) is 0 Å². The van der Waals surface area contributed by atoms with Gasteiger partial charge in [0, 0.05) is 0 Å². The minimum atomic E-state index is -0.661. The molecule has 0 aliphatic carbocycles. The molecule has 0 aliphatic heterocycles. The molecule has 0 saturated heterocycles. The number of nitrogens with zero attached hydrogens (tertiary/aromatic N) is 2. The van der Waals surface area contributed by atoms with Gasteiger partial charge in [0.2, 0.25) is 0 Å². The molecule has 94 valence electrons. The Labute approximate surface area is 137 Å². The average molecular weight is 264 g/mol. The Morgan fingerprint density at radius 1 is 0.947 bits per heavy atom. The minimum Gasteiger partial charge on any atom is -0.851 e. The maximum absolute atomic E-state index is 11.1. The third kappa shape index (κ3) is 4.06. The zero-order chi connectivity index (χ0) is 14.0. The third-order valence-corrected chi connectivity index (χ3v) is 3.16. The topological polar surface area (TPSA) is 70.6 Å². The van der Waals surface area contributed by atoms with Gasteiger partial charge in [-0.15, -0.1) is 6.61 Å². The molecule has 0 N–H and O–H groups in total. The van der Waals surface area contributed by atoms with Crippen LogP contribution in [0.25, 0.3) is 0 Å². The van der Waals surface area contributed by atoms with E-state index in [9.17, 15) is 5.11 Å². The molecule has 3 nitrogen and oxygen atoms in total. The van der Waals surface area contributed by atoms with Crippen LogP contribution in [0.3, 0.4) is 0 Å². The molecule has 19 heavy (non-hydrogen) atoms. The SMILES string of the molecule is CC(C)(C#N)c1cc(C[O-])cc(C(C)(C)C#N)c1.[Na+]. The van der Waals surface area contributed by atoms with Gasteiger partial charge >= 0.3 is 29.6 Å². The Balaban J connectivity index is 0.00000324. The summed E-state index contributed by atoms with van der Waals surface area (Å²) in [6.07, 6.45) is 0. The fourth-order valence-corrected chi connectivity index (χ4v) is 1.63. The van der Waals surface area contributed by atoms with Crippen LogP contribution in [0.1, 0.15) is 44.4 Å². The van der Waals surface area contributed by atoms with E-state index in [1.165, 1.54) is 0 Å². The van der Waals surface area contributed by atoms with Crippen LogP contribution >= 0.6 is 0 Å². The first-order valence-electron chi connectivity index (χ1n) is 5.82. The molecule has 0 saturated carbocycles. The summed E-state index contributed by atoms with van der Waals surface area (Å²) >= 11 is 0. The van der Waals surface area contributed by atoms with Gasteiger partial charge in [-0.1, -0.05) is 23.8 Å². The van der Waals surface area contributed by atoms with Gasteiger partial charge in [0.1, 0.15) is 0 Å². The van der Waals surface area contributed by atoms with E-state index in [1.54, 1.807) is 39.8 Å². The average Bonchev–Trinajstić information content (AvgIpc) is 2.38. The Bertz CT molecular complexity index is 492. The molecule has 0 bridgehead atoms. The Morgan fingerprint density at radius 3 is 1.58 bits per heavy atom. The third-order valence-electron chi connectivity index (χ3n) is 3.16. The van der Waals surface area contributed by atoms with Gasteiger partial charge in [0.15, 0.2) is 0 Å². The summed E-state index contributed by atoms with van der Waals surface area (Å²) in [5, 5.41) is 29.4. The fraction of sp³-hybridized carbons (Fsp3) is 0.467. The van der Waals surface area contributed by atoms with E-state index >= 15 is 0 Å². The van der Waals surface area contributed by atoms with E-state index in [-0.39, 0.29) is 36.2 Å². The van der Waals surface area contributed by atoms with Crippen LogP contribution in [0.2, 0.25) is 0 Å². The van der Waals surface area contributed by atoms with Gasteiger partial charge in [-0.3, -0.25) is 0 Å². The van der Waals surface area contributed by atoms with Gasteiger partial charge in [-0.2, -0.15) is 10.5 Å². The summed E-state index contributed by atoms with van der Waals surface area (Å²) in [7, 11) is 0. The Kier molecular flexibility index (Phi) is 6.26. The van der Waals surface area contributed by atoms with E-state index in [4.69, 9.17) is 10.5 Å². The van der Waals surface area contributed by atoms with Crippen molar-refractivity contribution >= 4 is 0 Å². The number of hydrogen-bond donors (Lipinski definition) is 0. The summed E-state index contributed by atoms with van der Waals surface area (Å²) in [6, 6.07) is 9.81. The van der Waals surface area contributed by atoms with Crippen molar-refractivity contribution in [2.75, 3.05) is 0 Å². The molecular weight excluding hydrogens is 247 g/mol. The first kappa shape index (κ1) is 18.2. The maximum Gasteiger partial charge on any atom is 1.00 e. The van der Waals surface area contributed by atoms with Crippen LogP contribution in [0, 0.1) is 22.7 Å². The molecule has 0 aliphatic rings. The molecule has 1 aromatic carbocycles. The van der Waals surface area contributed by atoms with Crippen LogP contribution < -0.4 is 34.7 Å². The van der Waals surface area contributed by atoms with Gasteiger partial charge in [-0.25, -0.2) is 0 Å². The minimum absolute atomic E-state index is 0. The van der Waals surface area contributed by atoms with E-state index in [1.807, 2.05) is 6.07 Å². The summed E-state index contributed by atoms with van der Waals surface area (Å²) in [5.41, 5.74) is 0.874. The predicted molar refractivity (Wildman–Crippen MR) is 67.4 cm³/mol. The summed E-state index contributed by atoms with van der Waals surface area (Å²) < 4.78 is 0. The molecule has 0 heterocycles. The predicted octanol–water partition coefficient (Wildman–Crippen LogP) is -0.847. The van der Waals surface area contributed by atoms with E-state index in [0.717, 1.165) is 11.1 Å². The van der Waals surface area contributed by atoms with Crippen LogP contribution in [0.4, 0.5) is 0 Å². The number of nitriles is 2. The van der Waals surface area contributed by atoms with Crippen molar-refractivity contribution < 1.29 is 34.7 Å². The monoisotopic (exact) mass is 264 g/mol. The second-order valence-corrected chi connectivity index (χ2v) is 5.54. The number of rotatable bonds is 3. The van der Waals surface area contributed by atoms with Crippen molar-refractivity contribution in [1.82, 2.24) is 0 Å². The quantitative estimate of drug-likeness (QED) is 0.668. The van der Waals surface area contributed by atoms with E-state index in [0.29, 0.717) is 5.56 Å². The molecule has 1 aromatic rings. The first-order chi connectivity index (χ1) is 8.26. The standard InChI is InChI=1S/C15H17N2O.Na/c1-14(2,9-16)12-5-11(8-18)6-13(7-12)15(3,4)10-17;/h5-7H,8H2,1-4H3;/q-1;+1. The van der Waals surface area contributed by atoms with Crippen molar-refractivity contribution in [2.45, 2.75) is 45.1 Å². The van der Waals surface area contributed by atoms with Crippen molar-refractivity contribution in [3.05, 3.63) is 34.9 Å². The van der Waals surface area contributed by atoms with Crippen LogP contribution in [-0.4, -0.2) is 0 Å². The Morgan fingerprint density at radius 2 is 1.32 bits per heavy atom. The second-order valence-electron chi connectivity index (χ2n) is 5.54. The normalized spacial score (nSPS) is 11.1. The molecule has 0 atom stereocenters. The molecule has 0 amide bonds. The molecule has 0 radical (unpaired) electrons. The smallest absolute Gasteiger partial charge is 0.851 e. The largest absolute Gasteiger partial charge is 1.00 e. The van der Waals surface area contributed by atoms with Crippen LogP contribution in [0.15, 0.2) is 18.2 Å².